The third kappa shape index (κ3) is 4.38. The Balaban J connectivity index is 2.74. The number of hydrogen-bond acceptors (Lipinski definition) is 4. The molecular weight excluding hydrogens is 274 g/mol. The van der Waals surface area contributed by atoms with Gasteiger partial charge in [-0.1, -0.05) is 11.6 Å². The second-order valence-corrected chi connectivity index (χ2v) is 4.18. The number of anilines is 1. The average molecular weight is 288 g/mol. The maximum absolute atomic E-state index is 11.7. The predicted molar refractivity (Wildman–Crippen MR) is 71.6 cm³/mol. The number of carbonyl (C=O) groups is 1. The van der Waals surface area contributed by atoms with Crippen LogP contribution in [0.15, 0.2) is 18.2 Å². The molecule has 0 spiro atoms. The molecule has 1 aromatic carbocycles. The summed E-state index contributed by atoms with van der Waals surface area (Å²) in [6.07, 6.45) is 0. The van der Waals surface area contributed by atoms with Gasteiger partial charge in [0.25, 0.3) is 5.69 Å². The first-order valence-corrected chi connectivity index (χ1v) is 5.78. The van der Waals surface area contributed by atoms with E-state index in [1.165, 1.54) is 30.2 Å². The van der Waals surface area contributed by atoms with E-state index < -0.39 is 4.92 Å². The lowest BCUT2D eigenvalue weighted by atomic mass is 10.3. The molecule has 104 valence electrons. The van der Waals surface area contributed by atoms with Crippen molar-refractivity contribution in [1.82, 2.24) is 4.90 Å². The molecule has 19 heavy (non-hydrogen) atoms. The monoisotopic (exact) mass is 287 g/mol. The smallest absolute Gasteiger partial charge is 0.321 e. The van der Waals surface area contributed by atoms with Gasteiger partial charge in [-0.15, -0.1) is 0 Å². The Bertz CT molecular complexity index is 481. The molecule has 7 nitrogen and oxygen atoms in total. The molecule has 0 aliphatic heterocycles. The predicted octanol–water partition coefficient (Wildman–Crippen LogP) is 2.36. The normalized spacial score (nSPS) is 10.1. The van der Waals surface area contributed by atoms with Gasteiger partial charge in [-0.3, -0.25) is 10.1 Å². The van der Waals surface area contributed by atoms with E-state index in [0.717, 1.165) is 0 Å². The Labute approximate surface area is 115 Å². The van der Waals surface area contributed by atoms with Gasteiger partial charge >= 0.3 is 6.03 Å². The van der Waals surface area contributed by atoms with Crippen molar-refractivity contribution in [3.63, 3.8) is 0 Å². The second-order valence-electron chi connectivity index (χ2n) is 3.77. The number of hydrogen-bond donors (Lipinski definition) is 1. The molecule has 0 radical (unpaired) electrons. The van der Waals surface area contributed by atoms with Gasteiger partial charge in [-0.05, 0) is 12.1 Å². The SMILES string of the molecule is COCCN(C)C(=O)Nc1ccc(Cl)c([N+](=O)[O-])c1. The molecule has 0 bridgehead atoms. The molecule has 1 aromatic rings. The third-order valence-electron chi connectivity index (χ3n) is 2.37. The van der Waals surface area contributed by atoms with Crippen LogP contribution in [0, 0.1) is 10.1 Å². The summed E-state index contributed by atoms with van der Waals surface area (Å²) in [5.74, 6) is 0. The molecule has 0 fully saturated rings. The van der Waals surface area contributed by atoms with Gasteiger partial charge in [-0.2, -0.15) is 0 Å². The molecule has 1 rings (SSSR count). The fourth-order valence-corrected chi connectivity index (χ4v) is 1.47. The first kappa shape index (κ1) is 15.2. The number of likely N-dealkylation sites (N-methyl/N-ethyl adjacent to an activating group) is 1. The minimum Gasteiger partial charge on any atom is -0.383 e. The van der Waals surface area contributed by atoms with Gasteiger partial charge in [0.05, 0.1) is 11.5 Å². The number of methoxy groups -OCH3 is 1. The summed E-state index contributed by atoms with van der Waals surface area (Å²) >= 11 is 5.68. The van der Waals surface area contributed by atoms with Crippen LogP contribution in [-0.4, -0.2) is 43.2 Å². The van der Waals surface area contributed by atoms with E-state index in [9.17, 15) is 14.9 Å². The average Bonchev–Trinajstić information content (AvgIpc) is 2.37. The quantitative estimate of drug-likeness (QED) is 0.665. The van der Waals surface area contributed by atoms with Crippen LogP contribution < -0.4 is 5.32 Å². The summed E-state index contributed by atoms with van der Waals surface area (Å²) in [7, 11) is 3.13. The summed E-state index contributed by atoms with van der Waals surface area (Å²) in [5.41, 5.74) is 0.0596. The lowest BCUT2D eigenvalue weighted by Crippen LogP contribution is -2.33. The molecule has 0 heterocycles. The maximum atomic E-state index is 11.7. The van der Waals surface area contributed by atoms with Gasteiger partial charge in [0.2, 0.25) is 0 Å². The molecule has 0 atom stereocenters. The van der Waals surface area contributed by atoms with E-state index in [0.29, 0.717) is 18.8 Å². The zero-order chi connectivity index (χ0) is 14.4. The van der Waals surface area contributed by atoms with Crippen LogP contribution in [0.4, 0.5) is 16.2 Å². The molecule has 0 unspecified atom stereocenters. The van der Waals surface area contributed by atoms with Gasteiger partial charge < -0.3 is 15.0 Å². The number of ether oxygens (including phenoxy) is 1. The third-order valence-corrected chi connectivity index (χ3v) is 2.69. The highest BCUT2D eigenvalue weighted by Gasteiger charge is 2.15. The minimum atomic E-state index is -0.605. The second kappa shape index (κ2) is 6.91. The number of nitro groups is 1. The molecule has 0 aliphatic carbocycles. The van der Waals surface area contributed by atoms with Crippen molar-refractivity contribution in [2.24, 2.45) is 0 Å². The molecule has 0 aromatic heterocycles. The van der Waals surface area contributed by atoms with E-state index in [1.54, 1.807) is 7.05 Å². The van der Waals surface area contributed by atoms with E-state index in [2.05, 4.69) is 5.32 Å². The first-order valence-electron chi connectivity index (χ1n) is 5.40. The maximum Gasteiger partial charge on any atom is 0.321 e. The van der Waals surface area contributed by atoms with Gasteiger partial charge in [-0.25, -0.2) is 4.79 Å². The van der Waals surface area contributed by atoms with Crippen LogP contribution in [0.25, 0.3) is 0 Å². The molecule has 2 amide bonds. The largest absolute Gasteiger partial charge is 0.383 e. The number of rotatable bonds is 5. The van der Waals surface area contributed by atoms with Crippen molar-refractivity contribution in [2.75, 3.05) is 32.6 Å². The molecule has 0 aliphatic rings. The minimum absolute atomic E-state index is 0.0238. The van der Waals surface area contributed by atoms with E-state index in [-0.39, 0.29) is 16.7 Å². The fraction of sp³-hybridized carbons (Fsp3) is 0.364. The number of urea groups is 1. The summed E-state index contributed by atoms with van der Waals surface area (Å²) in [5, 5.41) is 13.3. The zero-order valence-electron chi connectivity index (χ0n) is 10.6. The summed E-state index contributed by atoms with van der Waals surface area (Å²) in [6.45, 7) is 0.822. The van der Waals surface area contributed by atoms with Crippen molar-refractivity contribution in [2.45, 2.75) is 0 Å². The lowest BCUT2D eigenvalue weighted by Gasteiger charge is -2.17. The standard InChI is InChI=1S/C11H14ClN3O4/c1-14(5-6-19-2)11(16)13-8-3-4-9(12)10(7-8)15(17)18/h3-4,7H,5-6H2,1-2H3,(H,13,16). The number of nitrogens with zero attached hydrogens (tertiary/aromatic N) is 2. The number of benzene rings is 1. The number of carbonyl (C=O) groups excluding carboxylic acids is 1. The summed E-state index contributed by atoms with van der Waals surface area (Å²) in [4.78, 5) is 23.3. The van der Waals surface area contributed by atoms with Crippen LogP contribution in [-0.2, 0) is 4.74 Å². The molecule has 1 N–H and O–H groups in total. The molecule has 8 heteroatoms. The summed E-state index contributed by atoms with van der Waals surface area (Å²) < 4.78 is 4.85. The van der Waals surface area contributed by atoms with Crippen molar-refractivity contribution in [1.29, 1.82) is 0 Å². The van der Waals surface area contributed by atoms with Crippen LogP contribution in [0.1, 0.15) is 0 Å². The lowest BCUT2D eigenvalue weighted by molar-refractivity contribution is -0.384. The Kier molecular flexibility index (Phi) is 5.53. The highest BCUT2D eigenvalue weighted by Crippen LogP contribution is 2.27. The molecule has 0 saturated carbocycles. The number of nitro benzene ring substituents is 1. The van der Waals surface area contributed by atoms with Crippen LogP contribution in [0.5, 0.6) is 0 Å². The first-order chi connectivity index (χ1) is 8.95. The van der Waals surface area contributed by atoms with Crippen molar-refractivity contribution >= 4 is 29.0 Å². The Hall–Kier alpha value is -1.86. The van der Waals surface area contributed by atoms with E-state index in [4.69, 9.17) is 16.3 Å². The van der Waals surface area contributed by atoms with Crippen LogP contribution >= 0.6 is 11.6 Å². The van der Waals surface area contributed by atoms with Crippen molar-refractivity contribution in [3.8, 4) is 0 Å². The Morgan fingerprint density at radius 1 is 1.58 bits per heavy atom. The van der Waals surface area contributed by atoms with E-state index >= 15 is 0 Å². The van der Waals surface area contributed by atoms with Gasteiger partial charge in [0, 0.05) is 32.5 Å². The van der Waals surface area contributed by atoms with Crippen molar-refractivity contribution in [3.05, 3.63) is 33.3 Å². The van der Waals surface area contributed by atoms with Crippen LogP contribution in [0.3, 0.4) is 0 Å². The number of amides is 2. The van der Waals surface area contributed by atoms with Crippen molar-refractivity contribution < 1.29 is 14.5 Å². The number of nitrogens with one attached hydrogen (secondary N) is 1. The zero-order valence-corrected chi connectivity index (χ0v) is 11.3. The molecule has 0 saturated heterocycles. The van der Waals surface area contributed by atoms with Crippen LogP contribution in [0.2, 0.25) is 5.02 Å². The van der Waals surface area contributed by atoms with E-state index in [1.807, 2.05) is 0 Å². The number of halogens is 1. The fourth-order valence-electron chi connectivity index (χ4n) is 1.28. The highest BCUT2D eigenvalue weighted by atomic mass is 35.5. The van der Waals surface area contributed by atoms with Gasteiger partial charge in [0.15, 0.2) is 0 Å². The Morgan fingerprint density at radius 2 is 2.26 bits per heavy atom. The molecular formula is C11H14ClN3O4. The Morgan fingerprint density at radius 3 is 2.84 bits per heavy atom. The highest BCUT2D eigenvalue weighted by molar-refractivity contribution is 6.32. The topological polar surface area (TPSA) is 84.7 Å². The van der Waals surface area contributed by atoms with Gasteiger partial charge in [0.1, 0.15) is 5.02 Å². The summed E-state index contributed by atoms with van der Waals surface area (Å²) in [6, 6.07) is 3.69.